The summed E-state index contributed by atoms with van der Waals surface area (Å²) in [5, 5.41) is 3.56. The predicted molar refractivity (Wildman–Crippen MR) is 80.5 cm³/mol. The first-order valence-electron chi connectivity index (χ1n) is 8.29. The average molecular weight is 268 g/mol. The Hall–Kier alpha value is -0.120. The van der Waals surface area contributed by atoms with Crippen molar-refractivity contribution in [1.82, 2.24) is 10.2 Å². The van der Waals surface area contributed by atoms with Crippen molar-refractivity contribution in [3.05, 3.63) is 0 Å². The Kier molecular flexibility index (Phi) is 6.11. The van der Waals surface area contributed by atoms with Gasteiger partial charge in [0, 0.05) is 31.7 Å². The van der Waals surface area contributed by atoms with Crippen molar-refractivity contribution in [2.24, 2.45) is 11.3 Å². The molecule has 1 saturated heterocycles. The van der Waals surface area contributed by atoms with Gasteiger partial charge in [-0.3, -0.25) is 0 Å². The highest BCUT2D eigenvalue weighted by Crippen LogP contribution is 2.32. The fourth-order valence-corrected chi connectivity index (χ4v) is 3.44. The van der Waals surface area contributed by atoms with E-state index in [2.05, 4.69) is 24.1 Å². The Balaban J connectivity index is 1.88. The molecule has 0 aromatic carbocycles. The minimum Gasteiger partial charge on any atom is -0.381 e. The minimum atomic E-state index is 0.355. The highest BCUT2D eigenvalue weighted by molar-refractivity contribution is 4.88. The van der Waals surface area contributed by atoms with E-state index in [1.54, 1.807) is 0 Å². The molecule has 0 amide bonds. The maximum Gasteiger partial charge on any atom is 0.0546 e. The van der Waals surface area contributed by atoms with Crippen LogP contribution < -0.4 is 5.32 Å². The molecule has 1 aliphatic carbocycles. The monoisotopic (exact) mass is 268 g/mol. The number of nitrogens with one attached hydrogen (secondary N) is 1. The van der Waals surface area contributed by atoms with Crippen LogP contribution in [-0.2, 0) is 4.74 Å². The third-order valence-corrected chi connectivity index (χ3v) is 4.90. The molecule has 1 saturated carbocycles. The van der Waals surface area contributed by atoms with Crippen LogP contribution >= 0.6 is 0 Å². The van der Waals surface area contributed by atoms with Crippen LogP contribution in [0.15, 0.2) is 0 Å². The zero-order chi connectivity index (χ0) is 13.6. The molecule has 1 aliphatic heterocycles. The van der Waals surface area contributed by atoms with Gasteiger partial charge in [-0.1, -0.05) is 20.3 Å². The Morgan fingerprint density at radius 2 is 2.11 bits per heavy atom. The summed E-state index contributed by atoms with van der Waals surface area (Å²) in [5.74, 6) is 0.973. The van der Waals surface area contributed by atoms with Gasteiger partial charge in [-0.15, -0.1) is 0 Å². The van der Waals surface area contributed by atoms with Crippen molar-refractivity contribution >= 4 is 0 Å². The van der Waals surface area contributed by atoms with Crippen molar-refractivity contribution in [3.8, 4) is 0 Å². The van der Waals surface area contributed by atoms with Gasteiger partial charge >= 0.3 is 0 Å². The van der Waals surface area contributed by atoms with E-state index < -0.39 is 0 Å². The van der Waals surface area contributed by atoms with E-state index in [0.29, 0.717) is 5.41 Å². The van der Waals surface area contributed by atoms with Gasteiger partial charge in [0.05, 0.1) is 6.61 Å². The minimum absolute atomic E-state index is 0.355. The van der Waals surface area contributed by atoms with Gasteiger partial charge in [-0.2, -0.15) is 0 Å². The Morgan fingerprint density at radius 3 is 2.63 bits per heavy atom. The lowest BCUT2D eigenvalue weighted by Crippen LogP contribution is -2.50. The van der Waals surface area contributed by atoms with Gasteiger partial charge < -0.3 is 15.0 Å². The van der Waals surface area contributed by atoms with Crippen molar-refractivity contribution in [2.45, 2.75) is 46.0 Å². The molecule has 2 fully saturated rings. The molecular formula is C16H32N2O. The highest BCUT2D eigenvalue weighted by Gasteiger charge is 2.35. The van der Waals surface area contributed by atoms with Crippen molar-refractivity contribution in [1.29, 1.82) is 0 Å². The summed E-state index contributed by atoms with van der Waals surface area (Å²) in [4.78, 5) is 2.68. The third kappa shape index (κ3) is 4.44. The number of hydrogen-bond acceptors (Lipinski definition) is 3. The quantitative estimate of drug-likeness (QED) is 0.732. The second kappa shape index (κ2) is 7.61. The first kappa shape index (κ1) is 15.3. The molecule has 1 N–H and O–H groups in total. The average Bonchev–Trinajstić information content (AvgIpc) is 2.40. The SMILES string of the molecule is CCNCC1(CN(CC)CC2CCC2)CCCOC1. The summed E-state index contributed by atoms with van der Waals surface area (Å²) in [6.07, 6.45) is 6.90. The molecule has 2 aliphatic rings. The lowest BCUT2D eigenvalue weighted by molar-refractivity contribution is -0.0289. The Bertz CT molecular complexity index is 247. The van der Waals surface area contributed by atoms with E-state index >= 15 is 0 Å². The van der Waals surface area contributed by atoms with E-state index in [4.69, 9.17) is 4.74 Å². The summed E-state index contributed by atoms with van der Waals surface area (Å²) in [5.41, 5.74) is 0.355. The summed E-state index contributed by atoms with van der Waals surface area (Å²) >= 11 is 0. The van der Waals surface area contributed by atoms with Gasteiger partial charge in [-0.05, 0) is 44.7 Å². The maximum absolute atomic E-state index is 5.81. The molecule has 0 radical (unpaired) electrons. The summed E-state index contributed by atoms with van der Waals surface area (Å²) < 4.78 is 5.81. The molecule has 2 rings (SSSR count). The standard InChI is InChI=1S/C16H32N2O/c1-3-17-12-16(9-6-10-19-14-16)13-18(4-2)11-15-7-5-8-15/h15,17H,3-14H2,1-2H3. The van der Waals surface area contributed by atoms with Crippen LogP contribution in [0.5, 0.6) is 0 Å². The lowest BCUT2D eigenvalue weighted by Gasteiger charge is -2.42. The molecule has 1 unspecified atom stereocenters. The second-order valence-corrected chi connectivity index (χ2v) is 6.56. The largest absolute Gasteiger partial charge is 0.381 e. The smallest absolute Gasteiger partial charge is 0.0546 e. The number of ether oxygens (including phenoxy) is 1. The molecule has 0 aromatic heterocycles. The van der Waals surface area contributed by atoms with Gasteiger partial charge in [0.15, 0.2) is 0 Å². The van der Waals surface area contributed by atoms with E-state index in [1.165, 1.54) is 51.7 Å². The van der Waals surface area contributed by atoms with Crippen LogP contribution in [-0.4, -0.2) is 50.8 Å². The molecule has 19 heavy (non-hydrogen) atoms. The van der Waals surface area contributed by atoms with Gasteiger partial charge in [0.25, 0.3) is 0 Å². The van der Waals surface area contributed by atoms with E-state index in [-0.39, 0.29) is 0 Å². The molecule has 3 heteroatoms. The Morgan fingerprint density at radius 1 is 1.26 bits per heavy atom. The van der Waals surface area contributed by atoms with Crippen molar-refractivity contribution in [3.63, 3.8) is 0 Å². The van der Waals surface area contributed by atoms with Crippen LogP contribution in [0.2, 0.25) is 0 Å². The molecule has 0 aromatic rings. The van der Waals surface area contributed by atoms with E-state index in [1.807, 2.05) is 0 Å². The van der Waals surface area contributed by atoms with E-state index in [0.717, 1.165) is 32.2 Å². The molecule has 0 spiro atoms. The van der Waals surface area contributed by atoms with Crippen LogP contribution in [0.4, 0.5) is 0 Å². The summed E-state index contributed by atoms with van der Waals surface area (Å²) in [6.45, 7) is 12.3. The van der Waals surface area contributed by atoms with Gasteiger partial charge in [0.2, 0.25) is 0 Å². The Labute approximate surface area is 119 Å². The highest BCUT2D eigenvalue weighted by atomic mass is 16.5. The van der Waals surface area contributed by atoms with Crippen LogP contribution in [0, 0.1) is 11.3 Å². The van der Waals surface area contributed by atoms with Crippen LogP contribution in [0.25, 0.3) is 0 Å². The number of nitrogens with zero attached hydrogens (tertiary/aromatic N) is 1. The molecule has 3 nitrogen and oxygen atoms in total. The number of rotatable bonds is 8. The second-order valence-electron chi connectivity index (χ2n) is 6.56. The zero-order valence-corrected chi connectivity index (χ0v) is 12.9. The first-order chi connectivity index (χ1) is 9.28. The first-order valence-corrected chi connectivity index (χ1v) is 8.29. The fraction of sp³-hybridized carbons (Fsp3) is 1.00. The zero-order valence-electron chi connectivity index (χ0n) is 12.9. The lowest BCUT2D eigenvalue weighted by atomic mass is 9.80. The van der Waals surface area contributed by atoms with Crippen molar-refractivity contribution in [2.75, 3.05) is 45.9 Å². The third-order valence-electron chi connectivity index (χ3n) is 4.90. The van der Waals surface area contributed by atoms with Crippen LogP contribution in [0.1, 0.15) is 46.0 Å². The molecule has 1 atom stereocenters. The van der Waals surface area contributed by atoms with Gasteiger partial charge in [0.1, 0.15) is 0 Å². The number of hydrogen-bond donors (Lipinski definition) is 1. The van der Waals surface area contributed by atoms with Gasteiger partial charge in [-0.25, -0.2) is 0 Å². The van der Waals surface area contributed by atoms with Crippen LogP contribution in [0.3, 0.4) is 0 Å². The predicted octanol–water partition coefficient (Wildman–Crippen LogP) is 2.51. The summed E-state index contributed by atoms with van der Waals surface area (Å²) in [6, 6.07) is 0. The normalized spacial score (nSPS) is 28.6. The van der Waals surface area contributed by atoms with Crippen molar-refractivity contribution < 1.29 is 4.74 Å². The molecule has 0 bridgehead atoms. The molecule has 112 valence electrons. The molecule has 1 heterocycles. The fourth-order valence-electron chi connectivity index (χ4n) is 3.44. The van der Waals surface area contributed by atoms with E-state index in [9.17, 15) is 0 Å². The maximum atomic E-state index is 5.81. The molecular weight excluding hydrogens is 236 g/mol. The topological polar surface area (TPSA) is 24.5 Å². The summed E-state index contributed by atoms with van der Waals surface area (Å²) in [7, 11) is 0.